The smallest absolute Gasteiger partial charge is 0.232 e. The molecule has 1 aromatic carbocycles. The first kappa shape index (κ1) is 15.0. The molecule has 2 aromatic rings. The van der Waals surface area contributed by atoms with E-state index in [1.807, 2.05) is 25.1 Å². The summed E-state index contributed by atoms with van der Waals surface area (Å²) < 4.78 is 11.6. The van der Waals surface area contributed by atoms with Crippen molar-refractivity contribution >= 4 is 21.8 Å². The van der Waals surface area contributed by atoms with E-state index in [-0.39, 0.29) is 11.8 Å². The van der Waals surface area contributed by atoms with Gasteiger partial charge in [0.15, 0.2) is 0 Å². The Hall–Kier alpha value is -1.89. The highest BCUT2D eigenvalue weighted by Gasteiger charge is 2.33. The van der Waals surface area contributed by atoms with Crippen molar-refractivity contribution in [2.45, 2.75) is 19.3 Å². The van der Waals surface area contributed by atoms with E-state index in [1.165, 1.54) is 0 Å². The number of aromatic nitrogens is 2. The summed E-state index contributed by atoms with van der Waals surface area (Å²) in [5.74, 6) is 1.74. The fourth-order valence-electron chi connectivity index (χ4n) is 2.61. The molecule has 0 aliphatic carbocycles. The minimum absolute atomic E-state index is 0.0353. The van der Waals surface area contributed by atoms with Crippen LogP contribution in [-0.2, 0) is 4.79 Å². The Labute approximate surface area is 136 Å². The van der Waals surface area contributed by atoms with Crippen molar-refractivity contribution in [3.8, 4) is 17.1 Å². The van der Waals surface area contributed by atoms with Crippen LogP contribution in [0.4, 0.5) is 0 Å². The summed E-state index contributed by atoms with van der Waals surface area (Å²) in [6, 6.07) is 5.61. The SMILES string of the molecule is CCN1CC(c2nc(-c3cc(Br)ccc3OC)no2)CC1=O. The molecule has 116 valence electrons. The van der Waals surface area contributed by atoms with Crippen molar-refractivity contribution in [2.75, 3.05) is 20.2 Å². The van der Waals surface area contributed by atoms with E-state index < -0.39 is 0 Å². The minimum atomic E-state index is -0.0353. The number of hydrogen-bond donors (Lipinski definition) is 0. The first-order valence-electron chi connectivity index (χ1n) is 7.07. The molecule has 3 rings (SSSR count). The van der Waals surface area contributed by atoms with Gasteiger partial charge in [-0.15, -0.1) is 0 Å². The number of hydrogen-bond acceptors (Lipinski definition) is 5. The fraction of sp³-hybridized carbons (Fsp3) is 0.400. The van der Waals surface area contributed by atoms with Crippen molar-refractivity contribution in [1.29, 1.82) is 0 Å². The van der Waals surface area contributed by atoms with Gasteiger partial charge in [0.25, 0.3) is 0 Å². The van der Waals surface area contributed by atoms with E-state index in [1.54, 1.807) is 12.0 Å². The standard InChI is InChI=1S/C15H16BrN3O3/c1-3-19-8-9(6-13(19)20)15-17-14(18-22-15)11-7-10(16)4-5-12(11)21-2/h4-5,7,9H,3,6,8H2,1-2H3. The molecule has 1 saturated heterocycles. The Morgan fingerprint density at radius 3 is 3.00 bits per heavy atom. The van der Waals surface area contributed by atoms with Crippen LogP contribution in [0.15, 0.2) is 27.2 Å². The predicted molar refractivity (Wildman–Crippen MR) is 83.6 cm³/mol. The second kappa shape index (κ2) is 6.08. The largest absolute Gasteiger partial charge is 0.496 e. The lowest BCUT2D eigenvalue weighted by Crippen LogP contribution is -2.24. The quantitative estimate of drug-likeness (QED) is 0.832. The third-order valence-electron chi connectivity index (χ3n) is 3.79. The van der Waals surface area contributed by atoms with Crippen molar-refractivity contribution in [3.63, 3.8) is 0 Å². The number of benzene rings is 1. The average Bonchev–Trinajstić information content (AvgIpc) is 3.13. The Morgan fingerprint density at radius 1 is 1.50 bits per heavy atom. The van der Waals surface area contributed by atoms with Crippen LogP contribution in [0.5, 0.6) is 5.75 Å². The fourth-order valence-corrected chi connectivity index (χ4v) is 2.97. The van der Waals surface area contributed by atoms with Crippen LogP contribution in [0.2, 0.25) is 0 Å². The molecule has 1 aliphatic heterocycles. The number of carbonyl (C=O) groups is 1. The van der Waals surface area contributed by atoms with Gasteiger partial charge in [-0.3, -0.25) is 4.79 Å². The van der Waals surface area contributed by atoms with Gasteiger partial charge in [-0.05, 0) is 25.1 Å². The summed E-state index contributed by atoms with van der Waals surface area (Å²) >= 11 is 3.43. The number of nitrogens with zero attached hydrogens (tertiary/aromatic N) is 3. The number of halogens is 1. The lowest BCUT2D eigenvalue weighted by atomic mass is 10.1. The van der Waals surface area contributed by atoms with Crippen LogP contribution in [0, 0.1) is 0 Å². The molecular weight excluding hydrogens is 350 g/mol. The van der Waals surface area contributed by atoms with Gasteiger partial charge in [0, 0.05) is 24.0 Å². The van der Waals surface area contributed by atoms with Crippen LogP contribution < -0.4 is 4.74 Å². The molecule has 7 heteroatoms. The first-order chi connectivity index (χ1) is 10.6. The van der Waals surface area contributed by atoms with E-state index in [4.69, 9.17) is 9.26 Å². The Morgan fingerprint density at radius 2 is 2.32 bits per heavy atom. The number of amides is 1. The van der Waals surface area contributed by atoms with E-state index >= 15 is 0 Å². The predicted octanol–water partition coefficient (Wildman–Crippen LogP) is 2.84. The van der Waals surface area contributed by atoms with Crippen LogP contribution in [0.25, 0.3) is 11.4 Å². The first-order valence-corrected chi connectivity index (χ1v) is 7.87. The Balaban J connectivity index is 1.89. The number of ether oxygens (including phenoxy) is 1. The van der Waals surface area contributed by atoms with Crippen molar-refractivity contribution in [2.24, 2.45) is 0 Å². The van der Waals surface area contributed by atoms with Crippen LogP contribution >= 0.6 is 15.9 Å². The van der Waals surface area contributed by atoms with Gasteiger partial charge in [-0.2, -0.15) is 4.98 Å². The van der Waals surface area contributed by atoms with E-state index in [0.717, 1.165) is 10.0 Å². The minimum Gasteiger partial charge on any atom is -0.496 e. The monoisotopic (exact) mass is 365 g/mol. The molecule has 1 unspecified atom stereocenters. The second-order valence-corrected chi connectivity index (χ2v) is 6.05. The highest BCUT2D eigenvalue weighted by Crippen LogP contribution is 2.33. The van der Waals surface area contributed by atoms with Crippen LogP contribution in [-0.4, -0.2) is 41.1 Å². The van der Waals surface area contributed by atoms with E-state index in [9.17, 15) is 4.79 Å². The zero-order chi connectivity index (χ0) is 15.7. The molecule has 22 heavy (non-hydrogen) atoms. The molecule has 6 nitrogen and oxygen atoms in total. The zero-order valence-corrected chi connectivity index (χ0v) is 14.0. The highest BCUT2D eigenvalue weighted by molar-refractivity contribution is 9.10. The molecule has 0 N–H and O–H groups in total. The van der Waals surface area contributed by atoms with Gasteiger partial charge in [0.1, 0.15) is 5.75 Å². The summed E-state index contributed by atoms with van der Waals surface area (Å²) in [6.07, 6.45) is 0.422. The van der Waals surface area contributed by atoms with Crippen molar-refractivity contribution in [3.05, 3.63) is 28.6 Å². The number of carbonyl (C=O) groups excluding carboxylic acids is 1. The molecule has 0 radical (unpaired) electrons. The van der Waals surface area contributed by atoms with Gasteiger partial charge >= 0.3 is 0 Å². The maximum absolute atomic E-state index is 11.8. The van der Waals surface area contributed by atoms with Gasteiger partial charge in [-0.1, -0.05) is 21.1 Å². The van der Waals surface area contributed by atoms with Crippen molar-refractivity contribution in [1.82, 2.24) is 15.0 Å². The van der Waals surface area contributed by atoms with Crippen molar-refractivity contribution < 1.29 is 14.1 Å². The molecule has 0 spiro atoms. The Bertz CT molecular complexity index is 701. The van der Waals surface area contributed by atoms with E-state index in [0.29, 0.717) is 37.0 Å². The molecule has 1 amide bonds. The lowest BCUT2D eigenvalue weighted by Gasteiger charge is -2.11. The van der Waals surface area contributed by atoms with Gasteiger partial charge < -0.3 is 14.2 Å². The summed E-state index contributed by atoms with van der Waals surface area (Å²) in [5.41, 5.74) is 0.753. The molecule has 1 atom stereocenters. The lowest BCUT2D eigenvalue weighted by molar-refractivity contribution is -0.127. The summed E-state index contributed by atoms with van der Waals surface area (Å²) in [5, 5.41) is 4.04. The molecular formula is C15H16BrN3O3. The molecule has 1 aliphatic rings. The summed E-state index contributed by atoms with van der Waals surface area (Å²) in [6.45, 7) is 3.30. The second-order valence-electron chi connectivity index (χ2n) is 5.13. The van der Waals surface area contributed by atoms with Gasteiger partial charge in [0.05, 0.1) is 18.6 Å². The van der Waals surface area contributed by atoms with Crippen LogP contribution in [0.1, 0.15) is 25.2 Å². The summed E-state index contributed by atoms with van der Waals surface area (Å²) in [7, 11) is 1.60. The normalized spacial score (nSPS) is 18.0. The topological polar surface area (TPSA) is 68.5 Å². The number of rotatable bonds is 4. The third-order valence-corrected chi connectivity index (χ3v) is 4.28. The van der Waals surface area contributed by atoms with Crippen LogP contribution in [0.3, 0.4) is 0 Å². The Kier molecular flexibility index (Phi) is 4.15. The number of likely N-dealkylation sites (tertiary alicyclic amines) is 1. The zero-order valence-electron chi connectivity index (χ0n) is 12.4. The summed E-state index contributed by atoms with van der Waals surface area (Å²) in [4.78, 5) is 18.1. The van der Waals surface area contributed by atoms with Gasteiger partial charge in [-0.25, -0.2) is 0 Å². The maximum Gasteiger partial charge on any atom is 0.232 e. The molecule has 0 saturated carbocycles. The number of likely N-dealkylation sites (N-methyl/N-ethyl adjacent to an activating group) is 1. The van der Waals surface area contributed by atoms with E-state index in [2.05, 4.69) is 26.1 Å². The third kappa shape index (κ3) is 2.72. The van der Waals surface area contributed by atoms with Gasteiger partial charge in [0.2, 0.25) is 17.6 Å². The average molecular weight is 366 g/mol. The highest BCUT2D eigenvalue weighted by atomic mass is 79.9. The maximum atomic E-state index is 11.8. The number of methoxy groups -OCH3 is 1. The molecule has 1 aromatic heterocycles. The molecule has 1 fully saturated rings. The molecule has 2 heterocycles. The molecule has 0 bridgehead atoms.